The van der Waals surface area contributed by atoms with Crippen LogP contribution in [0.1, 0.15) is 19.4 Å². The summed E-state index contributed by atoms with van der Waals surface area (Å²) in [7, 11) is 0. The van der Waals surface area contributed by atoms with Crippen molar-refractivity contribution in [3.63, 3.8) is 0 Å². The average molecular weight is 253 g/mol. The highest BCUT2D eigenvalue weighted by atomic mass is 79.9. The summed E-state index contributed by atoms with van der Waals surface area (Å²) < 4.78 is 0. The van der Waals surface area contributed by atoms with Gasteiger partial charge in [0.05, 0.1) is 0 Å². The number of benzene rings is 1. The molecule has 0 aromatic heterocycles. The van der Waals surface area contributed by atoms with E-state index in [1.54, 1.807) is 0 Å². The van der Waals surface area contributed by atoms with Gasteiger partial charge in [-0.2, -0.15) is 0 Å². The largest absolute Gasteiger partial charge is 0.341 e. The van der Waals surface area contributed by atoms with Gasteiger partial charge in [-0.1, -0.05) is 18.2 Å². The van der Waals surface area contributed by atoms with Gasteiger partial charge in [0, 0.05) is 23.5 Å². The highest BCUT2D eigenvalue weighted by Gasteiger charge is 2.21. The van der Waals surface area contributed by atoms with Gasteiger partial charge in [0.25, 0.3) is 0 Å². The number of nitrogens with zero attached hydrogens (tertiary/aromatic N) is 2. The molecule has 0 saturated heterocycles. The van der Waals surface area contributed by atoms with E-state index in [2.05, 4.69) is 63.9 Å². The molecule has 74 valence electrons. The second kappa shape index (κ2) is 3.73. The van der Waals surface area contributed by atoms with Crippen LogP contribution in [0.4, 0.5) is 5.69 Å². The van der Waals surface area contributed by atoms with Crippen LogP contribution in [0.5, 0.6) is 0 Å². The lowest BCUT2D eigenvalue weighted by atomic mass is 10.1. The van der Waals surface area contributed by atoms with Gasteiger partial charge in [0.1, 0.15) is 0 Å². The number of halogens is 1. The fraction of sp³-hybridized carbons (Fsp3) is 0.364. The van der Waals surface area contributed by atoms with E-state index in [4.69, 9.17) is 0 Å². The van der Waals surface area contributed by atoms with Crippen molar-refractivity contribution in [2.75, 3.05) is 11.4 Å². The van der Waals surface area contributed by atoms with E-state index >= 15 is 0 Å². The van der Waals surface area contributed by atoms with Crippen LogP contribution in [0.3, 0.4) is 0 Å². The number of para-hydroxylation sites is 1. The first-order valence-corrected chi connectivity index (χ1v) is 5.70. The first-order chi connectivity index (χ1) is 6.74. The molecule has 1 atom stereocenters. The summed E-state index contributed by atoms with van der Waals surface area (Å²) >= 11 is 3.56. The number of hydrogen-bond donors (Lipinski definition) is 0. The van der Waals surface area contributed by atoms with Gasteiger partial charge in [-0.05, 0) is 35.8 Å². The van der Waals surface area contributed by atoms with Gasteiger partial charge >= 0.3 is 0 Å². The van der Waals surface area contributed by atoms with Crippen molar-refractivity contribution in [3.8, 4) is 0 Å². The first kappa shape index (κ1) is 9.71. The van der Waals surface area contributed by atoms with Crippen LogP contribution in [0.15, 0.2) is 29.3 Å². The van der Waals surface area contributed by atoms with Crippen LogP contribution in [-0.4, -0.2) is 17.3 Å². The Kier molecular flexibility index (Phi) is 2.59. The molecule has 0 saturated carbocycles. The molecule has 1 heterocycles. The minimum absolute atomic E-state index is 0.0856. The third-order valence-corrected chi connectivity index (χ3v) is 3.20. The van der Waals surface area contributed by atoms with E-state index in [9.17, 15) is 0 Å². The molecule has 2 rings (SSSR count). The van der Waals surface area contributed by atoms with Crippen molar-refractivity contribution in [2.24, 2.45) is 4.99 Å². The van der Waals surface area contributed by atoms with Gasteiger partial charge in [0.2, 0.25) is 0 Å². The summed E-state index contributed by atoms with van der Waals surface area (Å²) in [4.78, 5) is 6.77. The van der Waals surface area contributed by atoms with Gasteiger partial charge in [-0.3, -0.25) is 4.99 Å². The SMILES string of the molecule is CCN1c2ccccc2C(C)=NC1Br. The minimum atomic E-state index is 0.0856. The third kappa shape index (κ3) is 1.46. The fourth-order valence-electron chi connectivity index (χ4n) is 1.76. The minimum Gasteiger partial charge on any atom is -0.341 e. The number of fused-ring (bicyclic) bond motifs is 1. The number of alkyl halides is 1. The monoisotopic (exact) mass is 252 g/mol. The molecule has 1 aromatic carbocycles. The molecule has 0 radical (unpaired) electrons. The van der Waals surface area contributed by atoms with Crippen LogP contribution < -0.4 is 4.90 Å². The van der Waals surface area contributed by atoms with Crippen LogP contribution >= 0.6 is 15.9 Å². The maximum Gasteiger partial charge on any atom is 0.177 e. The molecule has 1 aliphatic rings. The molecule has 0 bridgehead atoms. The van der Waals surface area contributed by atoms with Crippen LogP contribution in [0.2, 0.25) is 0 Å². The molecule has 1 aromatic rings. The molecular weight excluding hydrogens is 240 g/mol. The summed E-state index contributed by atoms with van der Waals surface area (Å²) in [6, 6.07) is 8.39. The summed E-state index contributed by atoms with van der Waals surface area (Å²) in [6.07, 6.45) is 0. The lowest BCUT2D eigenvalue weighted by Crippen LogP contribution is -2.34. The van der Waals surface area contributed by atoms with E-state index in [0.717, 1.165) is 12.3 Å². The molecule has 0 aliphatic carbocycles. The molecule has 0 spiro atoms. The topological polar surface area (TPSA) is 15.6 Å². The van der Waals surface area contributed by atoms with Crippen LogP contribution in [0, 0.1) is 0 Å². The highest BCUT2D eigenvalue weighted by molar-refractivity contribution is 9.09. The zero-order valence-electron chi connectivity index (χ0n) is 8.37. The maximum atomic E-state index is 4.54. The predicted molar refractivity (Wildman–Crippen MR) is 64.4 cm³/mol. The number of aliphatic imine (C=N–C) groups is 1. The van der Waals surface area contributed by atoms with E-state index in [0.29, 0.717) is 0 Å². The molecule has 1 unspecified atom stereocenters. The van der Waals surface area contributed by atoms with Crippen LogP contribution in [0.25, 0.3) is 0 Å². The lowest BCUT2D eigenvalue weighted by Gasteiger charge is -2.32. The van der Waals surface area contributed by atoms with Crippen molar-refractivity contribution in [1.29, 1.82) is 0 Å². The number of anilines is 1. The number of hydrogen-bond acceptors (Lipinski definition) is 2. The maximum absolute atomic E-state index is 4.54. The fourth-order valence-corrected chi connectivity index (χ4v) is 2.58. The average Bonchev–Trinajstić information content (AvgIpc) is 2.18. The summed E-state index contributed by atoms with van der Waals surface area (Å²) in [6.45, 7) is 5.16. The quantitative estimate of drug-likeness (QED) is 0.555. The Bertz CT molecular complexity index is 373. The zero-order chi connectivity index (χ0) is 10.1. The van der Waals surface area contributed by atoms with E-state index < -0.39 is 0 Å². The van der Waals surface area contributed by atoms with Gasteiger partial charge in [-0.15, -0.1) is 0 Å². The summed E-state index contributed by atoms with van der Waals surface area (Å²) in [5.41, 5.74) is 3.61. The molecule has 0 N–H and O–H groups in total. The predicted octanol–water partition coefficient (Wildman–Crippen LogP) is 3.01. The smallest absolute Gasteiger partial charge is 0.177 e. The Labute approximate surface area is 92.8 Å². The van der Waals surface area contributed by atoms with Crippen molar-refractivity contribution < 1.29 is 0 Å². The Hall–Kier alpha value is -0.830. The lowest BCUT2D eigenvalue weighted by molar-refractivity contribution is 0.797. The van der Waals surface area contributed by atoms with Crippen molar-refractivity contribution in [2.45, 2.75) is 18.9 Å². The van der Waals surface area contributed by atoms with Crippen molar-refractivity contribution in [1.82, 2.24) is 0 Å². The van der Waals surface area contributed by atoms with Crippen molar-refractivity contribution >= 4 is 27.3 Å². The summed E-state index contributed by atoms with van der Waals surface area (Å²) in [5.74, 6) is 0. The zero-order valence-corrected chi connectivity index (χ0v) is 9.95. The normalized spacial score (nSPS) is 20.4. The Morgan fingerprint density at radius 3 is 2.86 bits per heavy atom. The first-order valence-electron chi connectivity index (χ1n) is 4.78. The third-order valence-electron chi connectivity index (χ3n) is 2.50. The van der Waals surface area contributed by atoms with Gasteiger partial charge in [0.15, 0.2) is 5.08 Å². The summed E-state index contributed by atoms with van der Waals surface area (Å²) in [5, 5.41) is 0.0856. The van der Waals surface area contributed by atoms with E-state index in [-0.39, 0.29) is 5.08 Å². The van der Waals surface area contributed by atoms with E-state index in [1.807, 2.05) is 0 Å². The van der Waals surface area contributed by atoms with E-state index in [1.165, 1.54) is 11.3 Å². The second-order valence-corrected chi connectivity index (χ2v) is 4.15. The molecule has 14 heavy (non-hydrogen) atoms. The van der Waals surface area contributed by atoms with Gasteiger partial charge < -0.3 is 4.90 Å². The van der Waals surface area contributed by atoms with Crippen LogP contribution in [-0.2, 0) is 0 Å². The molecule has 0 amide bonds. The molecule has 0 fully saturated rings. The van der Waals surface area contributed by atoms with Gasteiger partial charge in [-0.25, -0.2) is 0 Å². The molecular formula is C11H13BrN2. The molecule has 2 nitrogen and oxygen atoms in total. The van der Waals surface area contributed by atoms with Crippen molar-refractivity contribution in [3.05, 3.63) is 29.8 Å². The Morgan fingerprint density at radius 2 is 2.14 bits per heavy atom. The number of rotatable bonds is 1. The molecule has 1 aliphatic heterocycles. The highest BCUT2D eigenvalue weighted by Crippen LogP contribution is 2.29. The Morgan fingerprint density at radius 1 is 1.43 bits per heavy atom. The Balaban J connectivity index is 2.54. The molecule has 3 heteroatoms. The standard InChI is InChI=1S/C11H13BrN2/c1-3-14-10-7-5-4-6-9(10)8(2)13-11(14)12/h4-7,11H,3H2,1-2H3. The second-order valence-electron chi connectivity index (χ2n) is 3.33.